The Bertz CT molecular complexity index is 1310. The minimum atomic E-state index is -3.75. The molecule has 0 unspecified atom stereocenters. The lowest BCUT2D eigenvalue weighted by atomic mass is 10.1. The molecular weight excluding hydrogens is 436 g/mol. The number of nitriles is 1. The molecule has 0 atom stereocenters. The van der Waals surface area contributed by atoms with Crippen LogP contribution in [0.25, 0.3) is 11.4 Å². The van der Waals surface area contributed by atoms with Crippen molar-refractivity contribution in [3.05, 3.63) is 95.6 Å². The van der Waals surface area contributed by atoms with Gasteiger partial charge in [-0.3, -0.25) is 0 Å². The summed E-state index contributed by atoms with van der Waals surface area (Å²) in [5.74, 6) is 0.399. The maximum atomic E-state index is 13.5. The first-order valence-electron chi connectivity index (χ1n) is 10.4. The Morgan fingerprint density at radius 3 is 2.27 bits per heavy atom. The van der Waals surface area contributed by atoms with Crippen molar-refractivity contribution in [1.82, 2.24) is 24.9 Å². The van der Waals surface area contributed by atoms with Crippen LogP contribution in [0.4, 0.5) is 0 Å². The summed E-state index contributed by atoms with van der Waals surface area (Å²) in [7, 11) is -3.75. The molecule has 1 N–H and O–H groups in total. The molecule has 4 rings (SSSR count). The molecule has 0 amide bonds. The predicted octanol–water partition coefficient (Wildman–Crippen LogP) is 3.56. The average Bonchev–Trinajstić information content (AvgIpc) is 3.40. The number of sulfonamides is 1. The van der Waals surface area contributed by atoms with Crippen LogP contribution in [-0.2, 0) is 23.0 Å². The third-order valence-corrected chi connectivity index (χ3v) is 7.11. The van der Waals surface area contributed by atoms with Crippen LogP contribution in [-0.4, -0.2) is 39.9 Å². The van der Waals surface area contributed by atoms with E-state index in [0.717, 1.165) is 17.5 Å². The summed E-state index contributed by atoms with van der Waals surface area (Å²) >= 11 is 0. The first-order valence-corrected chi connectivity index (χ1v) is 11.9. The van der Waals surface area contributed by atoms with Crippen LogP contribution in [0.5, 0.6) is 0 Å². The van der Waals surface area contributed by atoms with Gasteiger partial charge < -0.3 is 0 Å². The van der Waals surface area contributed by atoms with E-state index >= 15 is 0 Å². The second-order valence-electron chi connectivity index (χ2n) is 7.50. The molecule has 8 nitrogen and oxygen atoms in total. The molecular formula is C24H22N6O2S. The lowest BCUT2D eigenvalue weighted by molar-refractivity contribution is 0.399. The van der Waals surface area contributed by atoms with Crippen LogP contribution < -0.4 is 0 Å². The van der Waals surface area contributed by atoms with Crippen molar-refractivity contribution < 1.29 is 8.42 Å². The Hall–Kier alpha value is -3.87. The lowest BCUT2D eigenvalue weighted by Crippen LogP contribution is -2.32. The van der Waals surface area contributed by atoms with E-state index in [1.165, 1.54) is 4.31 Å². The molecule has 1 aromatic heterocycles. The van der Waals surface area contributed by atoms with E-state index in [1.54, 1.807) is 48.5 Å². The van der Waals surface area contributed by atoms with E-state index < -0.39 is 10.0 Å². The number of tetrazole rings is 1. The number of nitrogens with zero attached hydrogens (tertiary/aromatic N) is 5. The number of nitrogens with one attached hydrogen (secondary N) is 1. The number of aromatic nitrogens is 4. The Labute approximate surface area is 192 Å². The normalized spacial score (nSPS) is 11.4. The fourth-order valence-corrected chi connectivity index (χ4v) is 4.95. The Kier molecular flexibility index (Phi) is 6.88. The van der Waals surface area contributed by atoms with Gasteiger partial charge in [-0.05, 0) is 65.6 Å². The number of benzene rings is 3. The molecule has 166 valence electrons. The largest absolute Gasteiger partial charge is 0.243 e. The van der Waals surface area contributed by atoms with Gasteiger partial charge in [-0.1, -0.05) is 42.5 Å². The minimum Gasteiger partial charge on any atom is -0.207 e. The molecule has 3 aromatic carbocycles. The van der Waals surface area contributed by atoms with Gasteiger partial charge in [0.15, 0.2) is 0 Å². The molecule has 0 aliphatic carbocycles. The molecule has 4 aromatic rings. The van der Waals surface area contributed by atoms with E-state index in [1.807, 2.05) is 30.3 Å². The fourth-order valence-electron chi connectivity index (χ4n) is 3.49. The number of aromatic amines is 1. The van der Waals surface area contributed by atoms with Crippen LogP contribution in [0.3, 0.4) is 0 Å². The number of hydrogen-bond donors (Lipinski definition) is 1. The third-order valence-electron chi connectivity index (χ3n) is 5.25. The van der Waals surface area contributed by atoms with Crippen molar-refractivity contribution in [1.29, 1.82) is 5.26 Å². The van der Waals surface area contributed by atoms with Crippen LogP contribution in [0.15, 0.2) is 83.8 Å². The first-order chi connectivity index (χ1) is 16.1. The maximum Gasteiger partial charge on any atom is 0.243 e. The standard InChI is InChI=1S/C24H22N6O2S/c25-17-20-8-10-21(11-9-20)18-30(16-4-7-19-5-2-1-3-6-19)33(31,32)23-14-12-22(13-15-23)24-26-28-29-27-24/h1-3,5-6,8-15H,4,7,16,18H2,(H,26,27,28,29). The van der Waals surface area contributed by atoms with Gasteiger partial charge in [0.25, 0.3) is 0 Å². The molecule has 0 aliphatic rings. The molecule has 0 saturated heterocycles. The molecule has 0 radical (unpaired) electrons. The Morgan fingerprint density at radius 2 is 1.64 bits per heavy atom. The van der Waals surface area contributed by atoms with Gasteiger partial charge in [-0.2, -0.15) is 14.8 Å². The van der Waals surface area contributed by atoms with E-state index in [0.29, 0.717) is 29.9 Å². The van der Waals surface area contributed by atoms with E-state index in [-0.39, 0.29) is 11.4 Å². The lowest BCUT2D eigenvalue weighted by Gasteiger charge is -2.22. The summed E-state index contributed by atoms with van der Waals surface area (Å²) in [5, 5.41) is 22.8. The van der Waals surface area contributed by atoms with Gasteiger partial charge in [0.05, 0.1) is 16.5 Å². The van der Waals surface area contributed by atoms with Gasteiger partial charge in [0, 0.05) is 18.7 Å². The van der Waals surface area contributed by atoms with Crippen molar-refractivity contribution in [2.45, 2.75) is 24.3 Å². The van der Waals surface area contributed by atoms with Crippen LogP contribution in [0, 0.1) is 11.3 Å². The molecule has 9 heteroatoms. The molecule has 33 heavy (non-hydrogen) atoms. The number of aryl methyl sites for hydroxylation is 1. The quantitative estimate of drug-likeness (QED) is 0.410. The summed E-state index contributed by atoms with van der Waals surface area (Å²) < 4.78 is 28.5. The fraction of sp³-hybridized carbons (Fsp3) is 0.167. The van der Waals surface area contributed by atoms with E-state index in [4.69, 9.17) is 5.26 Å². The third kappa shape index (κ3) is 5.49. The van der Waals surface area contributed by atoms with Crippen molar-refractivity contribution in [2.24, 2.45) is 0 Å². The summed E-state index contributed by atoms with van der Waals surface area (Å²) in [4.78, 5) is 0.197. The number of H-pyrrole nitrogens is 1. The topological polar surface area (TPSA) is 116 Å². The zero-order valence-corrected chi connectivity index (χ0v) is 18.6. The molecule has 0 bridgehead atoms. The zero-order chi connectivity index (χ0) is 23.1. The second kappa shape index (κ2) is 10.2. The van der Waals surface area contributed by atoms with Gasteiger partial charge in [0.1, 0.15) is 0 Å². The zero-order valence-electron chi connectivity index (χ0n) is 17.8. The van der Waals surface area contributed by atoms with Crippen molar-refractivity contribution >= 4 is 10.0 Å². The smallest absolute Gasteiger partial charge is 0.207 e. The van der Waals surface area contributed by atoms with Crippen molar-refractivity contribution in [3.63, 3.8) is 0 Å². The van der Waals surface area contributed by atoms with Crippen molar-refractivity contribution in [3.8, 4) is 17.5 Å². The summed E-state index contributed by atoms with van der Waals surface area (Å²) in [6.07, 6.45) is 1.46. The Balaban J connectivity index is 1.56. The Morgan fingerprint density at radius 1 is 0.909 bits per heavy atom. The van der Waals surface area contributed by atoms with Gasteiger partial charge in [-0.15, -0.1) is 10.2 Å². The second-order valence-corrected chi connectivity index (χ2v) is 9.43. The highest BCUT2D eigenvalue weighted by Gasteiger charge is 2.24. The van der Waals surface area contributed by atoms with Gasteiger partial charge in [-0.25, -0.2) is 8.42 Å². The maximum absolute atomic E-state index is 13.5. The van der Waals surface area contributed by atoms with Crippen molar-refractivity contribution in [2.75, 3.05) is 6.54 Å². The van der Waals surface area contributed by atoms with Crippen LogP contribution in [0.2, 0.25) is 0 Å². The average molecular weight is 459 g/mol. The van der Waals surface area contributed by atoms with E-state index in [9.17, 15) is 8.42 Å². The SMILES string of the molecule is N#Cc1ccc(CN(CCCc2ccccc2)S(=O)(=O)c2ccc(-c3nn[nH]n3)cc2)cc1. The molecule has 0 aliphatic heterocycles. The number of rotatable bonds is 9. The van der Waals surface area contributed by atoms with Gasteiger partial charge >= 0.3 is 0 Å². The summed E-state index contributed by atoms with van der Waals surface area (Å²) in [5.41, 5.74) is 3.19. The number of hydrogen-bond acceptors (Lipinski definition) is 6. The molecule has 0 spiro atoms. The predicted molar refractivity (Wildman–Crippen MR) is 123 cm³/mol. The van der Waals surface area contributed by atoms with Crippen LogP contribution >= 0.6 is 0 Å². The highest BCUT2D eigenvalue weighted by atomic mass is 32.2. The minimum absolute atomic E-state index is 0.197. The highest BCUT2D eigenvalue weighted by Crippen LogP contribution is 2.22. The summed E-state index contributed by atoms with van der Waals surface area (Å²) in [6.45, 7) is 0.583. The monoisotopic (exact) mass is 458 g/mol. The first kappa shape index (κ1) is 22.3. The van der Waals surface area contributed by atoms with Crippen LogP contribution in [0.1, 0.15) is 23.1 Å². The van der Waals surface area contributed by atoms with Gasteiger partial charge in [0.2, 0.25) is 15.8 Å². The molecule has 1 heterocycles. The van der Waals surface area contributed by atoms with E-state index in [2.05, 4.69) is 26.7 Å². The molecule has 0 saturated carbocycles. The molecule has 0 fully saturated rings. The highest BCUT2D eigenvalue weighted by molar-refractivity contribution is 7.89. The summed E-state index contributed by atoms with van der Waals surface area (Å²) in [6, 6.07) is 25.5.